The Balaban J connectivity index is 3.15. The summed E-state index contributed by atoms with van der Waals surface area (Å²) in [5.74, 6) is 1.47. The highest BCUT2D eigenvalue weighted by molar-refractivity contribution is 7.99. The van der Waals surface area contributed by atoms with Crippen molar-refractivity contribution in [1.29, 1.82) is 0 Å². The van der Waals surface area contributed by atoms with Crippen molar-refractivity contribution in [2.45, 2.75) is 77.6 Å². The van der Waals surface area contributed by atoms with Crippen LogP contribution in [0.25, 0.3) is 0 Å². The minimum atomic E-state index is -0.743. The molecule has 0 rings (SSSR count). The molecule has 1 N–H and O–H groups in total. The molecule has 0 heterocycles. The standard InChI is InChI=1S/C18H32O2S/c1-2-3-4-5-6-7-8-10-13-16-21-17-14-11-9-12-15-18(19)20/h9,14H,2-8,10,12-13,15-17H2,1H3,(H,19,20). The first-order chi connectivity index (χ1) is 10.3. The molecule has 21 heavy (non-hydrogen) atoms. The van der Waals surface area contributed by atoms with Crippen molar-refractivity contribution in [3.05, 3.63) is 17.9 Å². The SMILES string of the molecule is CCCCCCCCCCCSCC=C=CCCC(=O)O. The van der Waals surface area contributed by atoms with Crippen LogP contribution in [0.5, 0.6) is 0 Å². The number of carboxylic acids is 1. The zero-order valence-electron chi connectivity index (χ0n) is 13.6. The van der Waals surface area contributed by atoms with Crippen molar-refractivity contribution in [2.75, 3.05) is 11.5 Å². The first kappa shape index (κ1) is 20.3. The van der Waals surface area contributed by atoms with E-state index >= 15 is 0 Å². The second-order valence-electron chi connectivity index (χ2n) is 5.41. The van der Waals surface area contributed by atoms with Gasteiger partial charge in [-0.25, -0.2) is 0 Å². The minimum absolute atomic E-state index is 0.201. The summed E-state index contributed by atoms with van der Waals surface area (Å²) in [4.78, 5) is 10.3. The van der Waals surface area contributed by atoms with Gasteiger partial charge in [0.05, 0.1) is 0 Å². The molecule has 0 saturated heterocycles. The lowest BCUT2D eigenvalue weighted by Gasteiger charge is -2.01. The Bertz CT molecular complexity index is 294. The molecule has 0 bridgehead atoms. The number of carbonyl (C=O) groups is 1. The van der Waals surface area contributed by atoms with Gasteiger partial charge in [0.1, 0.15) is 0 Å². The molecule has 0 aromatic rings. The minimum Gasteiger partial charge on any atom is -0.481 e. The quantitative estimate of drug-likeness (QED) is 0.305. The third kappa shape index (κ3) is 19.3. The molecule has 0 radical (unpaired) electrons. The normalized spacial score (nSPS) is 10.1. The molecule has 0 amide bonds. The highest BCUT2D eigenvalue weighted by atomic mass is 32.2. The van der Waals surface area contributed by atoms with Crippen molar-refractivity contribution in [3.8, 4) is 0 Å². The van der Waals surface area contributed by atoms with Crippen LogP contribution >= 0.6 is 11.8 Å². The van der Waals surface area contributed by atoms with E-state index in [1.54, 1.807) is 0 Å². The summed E-state index contributed by atoms with van der Waals surface area (Å²) >= 11 is 1.94. The largest absolute Gasteiger partial charge is 0.481 e. The Morgan fingerprint density at radius 2 is 1.62 bits per heavy atom. The molecule has 0 aromatic carbocycles. The number of hydrogen-bond acceptors (Lipinski definition) is 2. The lowest BCUT2D eigenvalue weighted by atomic mass is 10.1. The lowest BCUT2D eigenvalue weighted by molar-refractivity contribution is -0.136. The Morgan fingerprint density at radius 1 is 1.00 bits per heavy atom. The molecule has 0 aliphatic heterocycles. The lowest BCUT2D eigenvalue weighted by Crippen LogP contribution is -1.91. The topological polar surface area (TPSA) is 37.3 Å². The van der Waals surface area contributed by atoms with Crippen LogP contribution in [-0.4, -0.2) is 22.6 Å². The van der Waals surface area contributed by atoms with E-state index in [1.807, 2.05) is 23.9 Å². The fourth-order valence-electron chi connectivity index (χ4n) is 2.07. The molecular formula is C18H32O2S. The average molecular weight is 313 g/mol. The molecule has 0 saturated carbocycles. The maximum Gasteiger partial charge on any atom is 0.303 e. The van der Waals surface area contributed by atoms with Gasteiger partial charge in [0.25, 0.3) is 0 Å². The number of unbranched alkanes of at least 4 members (excludes halogenated alkanes) is 8. The van der Waals surface area contributed by atoms with Crippen LogP contribution in [-0.2, 0) is 4.79 Å². The summed E-state index contributed by atoms with van der Waals surface area (Å²) in [5, 5.41) is 8.47. The number of aliphatic carboxylic acids is 1. The zero-order valence-corrected chi connectivity index (χ0v) is 14.4. The van der Waals surface area contributed by atoms with Crippen molar-refractivity contribution >= 4 is 17.7 Å². The second-order valence-corrected chi connectivity index (χ2v) is 6.56. The highest BCUT2D eigenvalue weighted by Gasteiger charge is 1.92. The van der Waals surface area contributed by atoms with Crippen LogP contribution in [0.3, 0.4) is 0 Å². The number of rotatable bonds is 15. The fraction of sp³-hybridized carbons (Fsp3) is 0.778. The van der Waals surface area contributed by atoms with Crippen LogP contribution in [0, 0.1) is 0 Å². The number of carboxylic acid groups (broad SMARTS) is 1. The van der Waals surface area contributed by atoms with Gasteiger partial charge in [-0.3, -0.25) is 4.79 Å². The molecule has 0 aliphatic rings. The van der Waals surface area contributed by atoms with Gasteiger partial charge < -0.3 is 5.11 Å². The number of hydrogen-bond donors (Lipinski definition) is 1. The summed E-state index contributed by atoms with van der Waals surface area (Å²) in [6, 6.07) is 0. The Labute approximate surface area is 135 Å². The Hall–Kier alpha value is -0.660. The first-order valence-electron chi connectivity index (χ1n) is 8.46. The maximum atomic E-state index is 10.3. The van der Waals surface area contributed by atoms with E-state index < -0.39 is 5.97 Å². The van der Waals surface area contributed by atoms with E-state index in [1.165, 1.54) is 63.5 Å². The maximum absolute atomic E-state index is 10.3. The third-order valence-corrected chi connectivity index (χ3v) is 4.31. The molecule has 0 fully saturated rings. The molecule has 0 aromatic heterocycles. The van der Waals surface area contributed by atoms with E-state index in [0.29, 0.717) is 6.42 Å². The van der Waals surface area contributed by atoms with Crippen molar-refractivity contribution in [1.82, 2.24) is 0 Å². The van der Waals surface area contributed by atoms with E-state index in [-0.39, 0.29) is 6.42 Å². The van der Waals surface area contributed by atoms with Crippen LogP contribution < -0.4 is 0 Å². The summed E-state index contributed by atoms with van der Waals surface area (Å²) in [5.41, 5.74) is 3.04. The van der Waals surface area contributed by atoms with E-state index in [0.717, 1.165) is 5.75 Å². The van der Waals surface area contributed by atoms with E-state index in [2.05, 4.69) is 12.7 Å². The van der Waals surface area contributed by atoms with Crippen LogP contribution in [0.15, 0.2) is 17.9 Å². The van der Waals surface area contributed by atoms with Crippen molar-refractivity contribution in [3.63, 3.8) is 0 Å². The van der Waals surface area contributed by atoms with E-state index in [4.69, 9.17) is 5.11 Å². The molecule has 0 unspecified atom stereocenters. The molecule has 2 nitrogen and oxygen atoms in total. The Morgan fingerprint density at radius 3 is 2.24 bits per heavy atom. The summed E-state index contributed by atoms with van der Waals surface area (Å²) in [6.45, 7) is 2.26. The van der Waals surface area contributed by atoms with Crippen molar-refractivity contribution < 1.29 is 9.90 Å². The predicted molar refractivity (Wildman–Crippen MR) is 94.1 cm³/mol. The number of thioether (sulfide) groups is 1. The van der Waals surface area contributed by atoms with Gasteiger partial charge >= 0.3 is 5.97 Å². The molecular weight excluding hydrogens is 280 g/mol. The molecule has 0 spiro atoms. The smallest absolute Gasteiger partial charge is 0.303 e. The molecule has 122 valence electrons. The van der Waals surface area contributed by atoms with Gasteiger partial charge in [0, 0.05) is 12.2 Å². The third-order valence-electron chi connectivity index (χ3n) is 3.33. The van der Waals surface area contributed by atoms with E-state index in [9.17, 15) is 4.79 Å². The Kier molecular flexibility index (Phi) is 16.8. The molecule has 0 atom stereocenters. The van der Waals surface area contributed by atoms with Gasteiger partial charge in [0.2, 0.25) is 0 Å². The monoisotopic (exact) mass is 312 g/mol. The predicted octanol–water partition coefficient (Wildman–Crippen LogP) is 5.83. The average Bonchev–Trinajstić information content (AvgIpc) is 2.46. The van der Waals surface area contributed by atoms with Crippen molar-refractivity contribution in [2.24, 2.45) is 0 Å². The summed E-state index contributed by atoms with van der Waals surface area (Å²) in [6.07, 6.45) is 17.0. The van der Waals surface area contributed by atoms with Crippen LogP contribution in [0.1, 0.15) is 77.6 Å². The highest BCUT2D eigenvalue weighted by Crippen LogP contribution is 2.11. The van der Waals surface area contributed by atoms with Crippen LogP contribution in [0.4, 0.5) is 0 Å². The van der Waals surface area contributed by atoms with Gasteiger partial charge in [0.15, 0.2) is 0 Å². The fourth-order valence-corrected chi connectivity index (χ4v) is 2.86. The summed E-state index contributed by atoms with van der Waals surface area (Å²) in [7, 11) is 0. The molecule has 0 aliphatic carbocycles. The van der Waals surface area contributed by atoms with Gasteiger partial charge in [-0.05, 0) is 30.7 Å². The summed E-state index contributed by atoms with van der Waals surface area (Å²) < 4.78 is 0. The van der Waals surface area contributed by atoms with Crippen LogP contribution in [0.2, 0.25) is 0 Å². The second kappa shape index (κ2) is 17.4. The van der Waals surface area contributed by atoms with Gasteiger partial charge in [-0.1, -0.05) is 58.3 Å². The molecule has 3 heteroatoms. The van der Waals surface area contributed by atoms with Gasteiger partial charge in [-0.2, -0.15) is 11.8 Å². The van der Waals surface area contributed by atoms with Gasteiger partial charge in [-0.15, -0.1) is 5.73 Å². The zero-order chi connectivity index (χ0) is 15.6. The first-order valence-corrected chi connectivity index (χ1v) is 9.61.